The van der Waals surface area contributed by atoms with Crippen LogP contribution < -0.4 is 0 Å². The van der Waals surface area contributed by atoms with Gasteiger partial charge in [-0.05, 0) is 24.6 Å². The van der Waals surface area contributed by atoms with E-state index in [1.165, 1.54) is 0 Å². The number of benzene rings is 1. The highest BCUT2D eigenvalue weighted by Crippen LogP contribution is 2.23. The van der Waals surface area contributed by atoms with E-state index < -0.39 is 0 Å². The van der Waals surface area contributed by atoms with Crippen molar-refractivity contribution in [3.8, 4) is 0 Å². The Morgan fingerprint density at radius 2 is 1.83 bits per heavy atom. The lowest BCUT2D eigenvalue weighted by molar-refractivity contribution is 0.687. The molecule has 0 aliphatic carbocycles. The second-order valence-electron chi connectivity index (χ2n) is 3.84. The SMILES string of the molecule is CCn1c(CCl)nnc1Cc1ccc(Cl)c(Cl)c1. The van der Waals surface area contributed by atoms with Crippen LogP contribution in [0.5, 0.6) is 0 Å². The van der Waals surface area contributed by atoms with Crippen LogP contribution in [0.2, 0.25) is 10.0 Å². The largest absolute Gasteiger partial charge is 0.314 e. The molecular weight excluding hydrogens is 293 g/mol. The lowest BCUT2D eigenvalue weighted by atomic mass is 10.1. The van der Waals surface area contributed by atoms with Gasteiger partial charge in [0.2, 0.25) is 0 Å². The molecule has 18 heavy (non-hydrogen) atoms. The van der Waals surface area contributed by atoms with Crippen LogP contribution in [0, 0.1) is 0 Å². The van der Waals surface area contributed by atoms with Crippen LogP contribution in [-0.2, 0) is 18.8 Å². The summed E-state index contributed by atoms with van der Waals surface area (Å²) in [6.45, 7) is 2.84. The Bertz CT molecular complexity index is 551. The minimum Gasteiger partial charge on any atom is -0.314 e. The number of alkyl halides is 1. The van der Waals surface area contributed by atoms with E-state index in [1.807, 2.05) is 23.6 Å². The van der Waals surface area contributed by atoms with E-state index >= 15 is 0 Å². The summed E-state index contributed by atoms with van der Waals surface area (Å²) in [5.74, 6) is 2.03. The molecule has 96 valence electrons. The third kappa shape index (κ3) is 2.79. The summed E-state index contributed by atoms with van der Waals surface area (Å²) in [7, 11) is 0. The highest BCUT2D eigenvalue weighted by atomic mass is 35.5. The molecule has 1 aromatic carbocycles. The Morgan fingerprint density at radius 1 is 1.11 bits per heavy atom. The van der Waals surface area contributed by atoms with Crippen LogP contribution in [0.15, 0.2) is 18.2 Å². The van der Waals surface area contributed by atoms with Crippen molar-refractivity contribution in [3.05, 3.63) is 45.5 Å². The number of hydrogen-bond acceptors (Lipinski definition) is 2. The molecule has 1 heterocycles. The number of hydrogen-bond donors (Lipinski definition) is 0. The summed E-state index contributed by atoms with van der Waals surface area (Å²) < 4.78 is 2.01. The van der Waals surface area contributed by atoms with Crippen molar-refractivity contribution in [2.45, 2.75) is 25.8 Å². The summed E-state index contributed by atoms with van der Waals surface area (Å²) >= 11 is 17.7. The minimum atomic E-state index is 0.363. The normalized spacial score (nSPS) is 10.9. The maximum absolute atomic E-state index is 5.99. The lowest BCUT2D eigenvalue weighted by Crippen LogP contribution is -2.05. The van der Waals surface area contributed by atoms with Crippen LogP contribution in [0.25, 0.3) is 0 Å². The standard InChI is InChI=1S/C12H12Cl3N3/c1-2-18-11(16-17-12(18)7-13)6-8-3-4-9(14)10(15)5-8/h3-5H,2,6-7H2,1H3. The zero-order chi connectivity index (χ0) is 13.1. The van der Waals surface area contributed by atoms with E-state index in [0.717, 1.165) is 23.8 Å². The molecule has 2 rings (SSSR count). The zero-order valence-corrected chi connectivity index (χ0v) is 12.1. The molecule has 6 heteroatoms. The fourth-order valence-corrected chi connectivity index (χ4v) is 2.32. The van der Waals surface area contributed by atoms with Crippen molar-refractivity contribution in [1.82, 2.24) is 14.8 Å². The molecule has 2 aromatic rings. The molecule has 0 amide bonds. The van der Waals surface area contributed by atoms with Crippen molar-refractivity contribution in [2.24, 2.45) is 0 Å². The number of aromatic nitrogens is 3. The third-order valence-electron chi connectivity index (χ3n) is 2.69. The molecule has 0 saturated carbocycles. The third-order valence-corrected chi connectivity index (χ3v) is 3.66. The van der Waals surface area contributed by atoms with Gasteiger partial charge in [0, 0.05) is 13.0 Å². The van der Waals surface area contributed by atoms with Crippen molar-refractivity contribution >= 4 is 34.8 Å². The molecule has 0 radical (unpaired) electrons. The van der Waals surface area contributed by atoms with Crippen LogP contribution in [0.4, 0.5) is 0 Å². The predicted octanol–water partition coefficient (Wildman–Crippen LogP) is 3.93. The Labute approximate surface area is 121 Å². The zero-order valence-electron chi connectivity index (χ0n) is 9.83. The summed E-state index contributed by atoms with van der Waals surface area (Å²) in [5, 5.41) is 9.33. The first-order valence-corrected chi connectivity index (χ1v) is 6.85. The molecule has 0 aliphatic rings. The van der Waals surface area contributed by atoms with E-state index in [4.69, 9.17) is 34.8 Å². The predicted molar refractivity (Wildman–Crippen MR) is 74.5 cm³/mol. The van der Waals surface area contributed by atoms with Crippen LogP contribution in [0.3, 0.4) is 0 Å². The minimum absolute atomic E-state index is 0.363. The summed E-state index contributed by atoms with van der Waals surface area (Å²) in [4.78, 5) is 0. The van der Waals surface area contributed by atoms with Crippen molar-refractivity contribution < 1.29 is 0 Å². The topological polar surface area (TPSA) is 30.7 Å². The molecule has 0 aliphatic heterocycles. The maximum atomic E-state index is 5.99. The first-order valence-electron chi connectivity index (χ1n) is 5.56. The van der Waals surface area contributed by atoms with Gasteiger partial charge < -0.3 is 4.57 Å². The average Bonchev–Trinajstić information content (AvgIpc) is 2.75. The van der Waals surface area contributed by atoms with Crippen LogP contribution in [0.1, 0.15) is 24.1 Å². The van der Waals surface area contributed by atoms with E-state index in [0.29, 0.717) is 22.3 Å². The van der Waals surface area contributed by atoms with Gasteiger partial charge in [-0.3, -0.25) is 0 Å². The summed E-state index contributed by atoms with van der Waals surface area (Å²) in [6.07, 6.45) is 0.661. The second kappa shape index (κ2) is 5.91. The molecular formula is C12H12Cl3N3. The van der Waals surface area contributed by atoms with Gasteiger partial charge in [0.05, 0.1) is 15.9 Å². The molecule has 0 spiro atoms. The quantitative estimate of drug-likeness (QED) is 0.801. The van der Waals surface area contributed by atoms with Gasteiger partial charge in [-0.2, -0.15) is 0 Å². The molecule has 0 N–H and O–H groups in total. The fraction of sp³-hybridized carbons (Fsp3) is 0.333. The average molecular weight is 305 g/mol. The molecule has 0 unspecified atom stereocenters. The van der Waals surface area contributed by atoms with Gasteiger partial charge in [0.15, 0.2) is 0 Å². The first-order chi connectivity index (χ1) is 8.65. The Morgan fingerprint density at radius 3 is 2.44 bits per heavy atom. The number of nitrogens with zero attached hydrogens (tertiary/aromatic N) is 3. The van der Waals surface area contributed by atoms with Crippen LogP contribution >= 0.6 is 34.8 Å². The van der Waals surface area contributed by atoms with Gasteiger partial charge in [-0.15, -0.1) is 21.8 Å². The molecule has 3 nitrogen and oxygen atoms in total. The number of halogens is 3. The smallest absolute Gasteiger partial charge is 0.147 e. The summed E-state index contributed by atoms with van der Waals surface area (Å²) in [6, 6.07) is 5.57. The Kier molecular flexibility index (Phi) is 4.49. The molecule has 0 saturated heterocycles. The van der Waals surface area contributed by atoms with Gasteiger partial charge in [-0.1, -0.05) is 29.3 Å². The van der Waals surface area contributed by atoms with Gasteiger partial charge >= 0.3 is 0 Å². The first kappa shape index (κ1) is 13.7. The van der Waals surface area contributed by atoms with Crippen molar-refractivity contribution in [1.29, 1.82) is 0 Å². The molecule has 0 fully saturated rings. The molecule has 1 aromatic heterocycles. The Balaban J connectivity index is 2.28. The van der Waals surface area contributed by atoms with Gasteiger partial charge in [0.25, 0.3) is 0 Å². The number of rotatable bonds is 4. The van der Waals surface area contributed by atoms with Gasteiger partial charge in [-0.25, -0.2) is 0 Å². The highest BCUT2D eigenvalue weighted by molar-refractivity contribution is 6.42. The van der Waals surface area contributed by atoms with Gasteiger partial charge in [0.1, 0.15) is 11.6 Å². The molecule has 0 atom stereocenters. The summed E-state index contributed by atoms with van der Waals surface area (Å²) in [5.41, 5.74) is 1.05. The lowest BCUT2D eigenvalue weighted by Gasteiger charge is -2.06. The molecule has 0 bridgehead atoms. The maximum Gasteiger partial charge on any atom is 0.147 e. The van der Waals surface area contributed by atoms with Crippen molar-refractivity contribution in [3.63, 3.8) is 0 Å². The fourth-order valence-electron chi connectivity index (χ4n) is 1.80. The van der Waals surface area contributed by atoms with Crippen LogP contribution in [-0.4, -0.2) is 14.8 Å². The van der Waals surface area contributed by atoms with Crippen molar-refractivity contribution in [2.75, 3.05) is 0 Å². The highest BCUT2D eigenvalue weighted by Gasteiger charge is 2.10. The monoisotopic (exact) mass is 303 g/mol. The second-order valence-corrected chi connectivity index (χ2v) is 4.92. The van der Waals surface area contributed by atoms with E-state index in [2.05, 4.69) is 10.2 Å². The van der Waals surface area contributed by atoms with E-state index in [9.17, 15) is 0 Å². The van der Waals surface area contributed by atoms with E-state index in [-0.39, 0.29) is 0 Å². The van der Waals surface area contributed by atoms with E-state index in [1.54, 1.807) is 6.07 Å². The Hall–Kier alpha value is -0.770.